The number of carbonyl (C=O) groups is 2. The van der Waals surface area contributed by atoms with Crippen LogP contribution in [0.5, 0.6) is 11.5 Å². The van der Waals surface area contributed by atoms with Gasteiger partial charge in [0.2, 0.25) is 5.91 Å². The molecule has 2 rings (SSSR count). The van der Waals surface area contributed by atoms with Crippen molar-refractivity contribution < 1.29 is 24.2 Å². The van der Waals surface area contributed by atoms with E-state index in [9.17, 15) is 14.7 Å². The van der Waals surface area contributed by atoms with Crippen molar-refractivity contribution in [2.75, 3.05) is 19.5 Å². The van der Waals surface area contributed by atoms with Crippen LogP contribution in [-0.4, -0.2) is 26.1 Å². The van der Waals surface area contributed by atoms with Crippen LogP contribution in [-0.2, 0) is 9.59 Å². The third-order valence-corrected chi connectivity index (χ3v) is 4.39. The second-order valence-corrected chi connectivity index (χ2v) is 6.05. The van der Waals surface area contributed by atoms with Gasteiger partial charge in [0.15, 0.2) is 11.5 Å². The average molecular weight is 320 g/mol. The molecule has 1 aromatic rings. The summed E-state index contributed by atoms with van der Waals surface area (Å²) in [4.78, 5) is 23.3. The Kier molecular flexibility index (Phi) is 5.47. The number of ether oxygens (including phenoxy) is 2. The van der Waals surface area contributed by atoms with Gasteiger partial charge in [-0.15, -0.1) is 0 Å². The van der Waals surface area contributed by atoms with Gasteiger partial charge in [0, 0.05) is 24.1 Å². The summed E-state index contributed by atoms with van der Waals surface area (Å²) in [5, 5.41) is 13.8. The second-order valence-electron chi connectivity index (χ2n) is 6.05. The monoisotopic (exact) mass is 320 g/mol. The molecule has 1 saturated carbocycles. The number of carbonyl (C=O) groups excluding carboxylic acids is 2. The smallest absolute Gasteiger partial charge is 0.224 e. The minimum absolute atomic E-state index is 0.0631. The maximum atomic E-state index is 12.3. The van der Waals surface area contributed by atoms with Gasteiger partial charge in [0.1, 0.15) is 0 Å². The Bertz CT molecular complexity index is 578. The molecule has 0 unspecified atom stereocenters. The molecule has 0 radical (unpaired) electrons. The highest BCUT2D eigenvalue weighted by Crippen LogP contribution is 2.44. The minimum atomic E-state index is -1.09. The molecule has 126 valence electrons. The molecule has 1 aromatic carbocycles. The molecule has 23 heavy (non-hydrogen) atoms. The Balaban J connectivity index is 2.05. The van der Waals surface area contributed by atoms with E-state index < -0.39 is 11.4 Å². The van der Waals surface area contributed by atoms with E-state index in [1.807, 2.05) is 0 Å². The number of methoxy groups -OCH3 is 2. The fourth-order valence-corrected chi connectivity index (χ4v) is 3.31. The quantitative estimate of drug-likeness (QED) is 0.826. The van der Waals surface area contributed by atoms with E-state index in [-0.39, 0.29) is 18.7 Å². The van der Waals surface area contributed by atoms with Crippen LogP contribution < -0.4 is 19.9 Å². The van der Waals surface area contributed by atoms with Gasteiger partial charge in [-0.3, -0.25) is 4.79 Å². The van der Waals surface area contributed by atoms with Gasteiger partial charge >= 0.3 is 0 Å². The van der Waals surface area contributed by atoms with Crippen LogP contribution in [0, 0.1) is 5.41 Å². The SMILES string of the molecule is COc1ccc(NC(=O)CC2(CC(=O)[O-])CCCC2)cc1OC. The second kappa shape index (κ2) is 7.35. The lowest BCUT2D eigenvalue weighted by molar-refractivity contribution is -0.308. The van der Waals surface area contributed by atoms with Gasteiger partial charge < -0.3 is 24.7 Å². The number of carboxylic acids is 1. The molecular formula is C17H22NO5-. The summed E-state index contributed by atoms with van der Waals surface area (Å²) in [6.45, 7) is 0. The standard InChI is InChI=1S/C17H23NO5/c1-22-13-6-5-12(9-14(13)23-2)18-15(19)10-17(11-16(20)21)7-3-4-8-17/h5-6,9H,3-4,7-8,10-11H2,1-2H3,(H,18,19)(H,20,21)/p-1. The first-order valence-corrected chi connectivity index (χ1v) is 7.70. The van der Waals surface area contributed by atoms with Gasteiger partial charge in [-0.2, -0.15) is 0 Å². The minimum Gasteiger partial charge on any atom is -0.550 e. The number of rotatable bonds is 7. The first-order valence-electron chi connectivity index (χ1n) is 7.70. The number of hydrogen-bond donors (Lipinski definition) is 1. The molecule has 1 aliphatic rings. The van der Waals surface area contributed by atoms with Crippen molar-refractivity contribution in [3.8, 4) is 11.5 Å². The summed E-state index contributed by atoms with van der Waals surface area (Å²) >= 11 is 0. The van der Waals surface area contributed by atoms with Gasteiger partial charge in [0.05, 0.1) is 14.2 Å². The van der Waals surface area contributed by atoms with Gasteiger partial charge in [-0.05, 0) is 36.8 Å². The molecule has 0 saturated heterocycles. The molecule has 1 fully saturated rings. The molecule has 0 bridgehead atoms. The highest BCUT2D eigenvalue weighted by atomic mass is 16.5. The Morgan fingerprint density at radius 1 is 1.13 bits per heavy atom. The van der Waals surface area contributed by atoms with Crippen molar-refractivity contribution in [2.24, 2.45) is 5.41 Å². The average Bonchev–Trinajstić information content (AvgIpc) is 2.93. The summed E-state index contributed by atoms with van der Waals surface area (Å²) in [7, 11) is 3.07. The molecule has 1 N–H and O–H groups in total. The van der Waals surface area contributed by atoms with E-state index in [2.05, 4.69) is 5.32 Å². The summed E-state index contributed by atoms with van der Waals surface area (Å²) in [6.07, 6.45) is 3.54. The van der Waals surface area contributed by atoms with E-state index in [1.54, 1.807) is 25.3 Å². The van der Waals surface area contributed by atoms with E-state index in [0.717, 1.165) is 25.7 Å². The molecule has 1 amide bonds. The maximum Gasteiger partial charge on any atom is 0.224 e. The molecule has 0 aromatic heterocycles. The van der Waals surface area contributed by atoms with E-state index in [1.165, 1.54) is 7.11 Å². The molecule has 6 heteroatoms. The molecule has 1 aliphatic carbocycles. The van der Waals surface area contributed by atoms with Crippen LogP contribution in [0.25, 0.3) is 0 Å². The lowest BCUT2D eigenvalue weighted by atomic mass is 9.79. The van der Waals surface area contributed by atoms with Crippen molar-refractivity contribution in [3.05, 3.63) is 18.2 Å². The van der Waals surface area contributed by atoms with Crippen molar-refractivity contribution in [2.45, 2.75) is 38.5 Å². The predicted molar refractivity (Wildman–Crippen MR) is 83.3 cm³/mol. The molecule has 6 nitrogen and oxygen atoms in total. The van der Waals surface area contributed by atoms with Gasteiger partial charge in [-0.25, -0.2) is 0 Å². The molecule has 0 aliphatic heterocycles. The van der Waals surface area contributed by atoms with E-state index in [0.29, 0.717) is 17.2 Å². The number of carboxylic acid groups (broad SMARTS) is 1. The summed E-state index contributed by atoms with van der Waals surface area (Å²) < 4.78 is 10.4. The van der Waals surface area contributed by atoms with Crippen LogP contribution in [0.1, 0.15) is 38.5 Å². The first-order chi connectivity index (χ1) is 11.0. The normalized spacial score (nSPS) is 15.9. The number of hydrogen-bond acceptors (Lipinski definition) is 5. The molecule has 0 atom stereocenters. The highest BCUT2D eigenvalue weighted by Gasteiger charge is 2.36. The van der Waals surface area contributed by atoms with Crippen molar-refractivity contribution in [1.82, 2.24) is 0 Å². The van der Waals surface area contributed by atoms with Gasteiger partial charge in [0.25, 0.3) is 0 Å². The van der Waals surface area contributed by atoms with E-state index >= 15 is 0 Å². The number of aliphatic carboxylic acids is 1. The molecule has 0 heterocycles. The first kappa shape index (κ1) is 17.1. The number of amides is 1. The van der Waals surface area contributed by atoms with Crippen molar-refractivity contribution >= 4 is 17.6 Å². The number of nitrogens with one attached hydrogen (secondary N) is 1. The van der Waals surface area contributed by atoms with Crippen LogP contribution in [0.15, 0.2) is 18.2 Å². The zero-order chi connectivity index (χ0) is 16.9. The fraction of sp³-hybridized carbons (Fsp3) is 0.529. The van der Waals surface area contributed by atoms with Crippen molar-refractivity contribution in [1.29, 1.82) is 0 Å². The van der Waals surface area contributed by atoms with Crippen LogP contribution in [0.2, 0.25) is 0 Å². The molecule has 0 spiro atoms. The number of anilines is 1. The van der Waals surface area contributed by atoms with E-state index in [4.69, 9.17) is 9.47 Å². The Morgan fingerprint density at radius 3 is 2.35 bits per heavy atom. The Morgan fingerprint density at radius 2 is 1.78 bits per heavy atom. The Labute approximate surface area is 135 Å². The zero-order valence-electron chi connectivity index (χ0n) is 13.5. The van der Waals surface area contributed by atoms with Crippen LogP contribution in [0.4, 0.5) is 5.69 Å². The third-order valence-electron chi connectivity index (χ3n) is 4.39. The lowest BCUT2D eigenvalue weighted by Gasteiger charge is -2.28. The van der Waals surface area contributed by atoms with Crippen LogP contribution in [0.3, 0.4) is 0 Å². The summed E-state index contributed by atoms with van der Waals surface area (Å²) in [5.74, 6) is -0.184. The third kappa shape index (κ3) is 4.37. The predicted octanol–water partition coefficient (Wildman–Crippen LogP) is 1.73. The fourth-order valence-electron chi connectivity index (χ4n) is 3.31. The summed E-state index contributed by atoms with van der Waals surface area (Å²) in [5.41, 5.74) is 0.119. The van der Waals surface area contributed by atoms with Gasteiger partial charge in [-0.1, -0.05) is 12.8 Å². The molecular weight excluding hydrogens is 298 g/mol. The van der Waals surface area contributed by atoms with Crippen molar-refractivity contribution in [3.63, 3.8) is 0 Å². The Hall–Kier alpha value is -2.24. The highest BCUT2D eigenvalue weighted by molar-refractivity contribution is 5.91. The maximum absolute atomic E-state index is 12.3. The largest absolute Gasteiger partial charge is 0.550 e. The summed E-state index contributed by atoms with van der Waals surface area (Å²) in [6, 6.07) is 5.11. The topological polar surface area (TPSA) is 87.7 Å². The zero-order valence-corrected chi connectivity index (χ0v) is 13.5. The lowest BCUT2D eigenvalue weighted by Crippen LogP contribution is -2.33. The van der Waals surface area contributed by atoms with Crippen LogP contribution >= 0.6 is 0 Å². The number of benzene rings is 1.